The van der Waals surface area contributed by atoms with Gasteiger partial charge in [-0.3, -0.25) is 4.79 Å². The molecule has 0 aliphatic carbocycles. The number of benzene rings is 1. The molecule has 0 radical (unpaired) electrons. The summed E-state index contributed by atoms with van der Waals surface area (Å²) in [7, 11) is 0. The van der Waals surface area contributed by atoms with Gasteiger partial charge in [-0.15, -0.1) is 0 Å². The number of hydrogen-bond acceptors (Lipinski definition) is 3. The van der Waals surface area contributed by atoms with E-state index in [1.54, 1.807) is 42.6 Å². The van der Waals surface area contributed by atoms with E-state index in [0.717, 1.165) is 0 Å². The van der Waals surface area contributed by atoms with Crippen molar-refractivity contribution in [1.29, 1.82) is 0 Å². The molecular weight excluding hydrogens is 296 g/mol. The zero-order valence-corrected chi connectivity index (χ0v) is 12.1. The quantitative estimate of drug-likeness (QED) is 0.659. The van der Waals surface area contributed by atoms with E-state index in [1.165, 1.54) is 0 Å². The van der Waals surface area contributed by atoms with Gasteiger partial charge in [-0.25, -0.2) is 0 Å². The van der Waals surface area contributed by atoms with Crippen LogP contribution < -0.4 is 10.1 Å². The molecule has 104 valence electrons. The number of nitrogens with one attached hydrogen (secondary N) is 2. The van der Waals surface area contributed by atoms with Crippen molar-refractivity contribution in [2.45, 2.75) is 0 Å². The summed E-state index contributed by atoms with van der Waals surface area (Å²) in [5.41, 5.74) is 0.449. The van der Waals surface area contributed by atoms with Crippen LogP contribution in [0.3, 0.4) is 0 Å². The molecule has 0 fully saturated rings. The van der Waals surface area contributed by atoms with Crippen LogP contribution in [0.4, 0.5) is 0 Å². The minimum Gasteiger partial charge on any atom is -0.492 e. The van der Waals surface area contributed by atoms with E-state index in [2.05, 4.69) is 10.3 Å². The number of hydrogen-bond donors (Lipinski definition) is 2. The van der Waals surface area contributed by atoms with Crippen LogP contribution in [0, 0.1) is 4.64 Å². The molecule has 2 aromatic rings. The van der Waals surface area contributed by atoms with E-state index in [-0.39, 0.29) is 5.91 Å². The number of pyridine rings is 1. The second-order valence-corrected chi connectivity index (χ2v) is 4.82. The van der Waals surface area contributed by atoms with Gasteiger partial charge < -0.3 is 15.0 Å². The Morgan fingerprint density at radius 3 is 2.95 bits per heavy atom. The number of aromatic nitrogens is 1. The SMILES string of the molecule is O=C(NCCOc1cccc(Cl)c1)c1ccc[nH]c1=S. The summed E-state index contributed by atoms with van der Waals surface area (Å²) >= 11 is 10.9. The summed E-state index contributed by atoms with van der Waals surface area (Å²) in [5.74, 6) is 0.449. The van der Waals surface area contributed by atoms with Gasteiger partial charge >= 0.3 is 0 Å². The third-order valence-electron chi connectivity index (χ3n) is 2.52. The average molecular weight is 309 g/mol. The fourth-order valence-electron chi connectivity index (χ4n) is 1.59. The standard InChI is InChI=1S/C14H13ClN2O2S/c15-10-3-1-4-11(9-10)19-8-7-16-13(18)12-5-2-6-17-14(12)20/h1-6,9H,7-8H2,(H,16,18)(H,17,20). The van der Waals surface area contributed by atoms with Crippen LogP contribution in [-0.4, -0.2) is 24.0 Å². The lowest BCUT2D eigenvalue weighted by Crippen LogP contribution is -2.28. The maximum atomic E-state index is 11.9. The number of halogens is 1. The Morgan fingerprint density at radius 2 is 2.20 bits per heavy atom. The first-order chi connectivity index (χ1) is 9.66. The van der Waals surface area contributed by atoms with E-state index in [4.69, 9.17) is 28.6 Å². The van der Waals surface area contributed by atoms with Gasteiger partial charge in [0, 0.05) is 11.2 Å². The molecule has 6 heteroatoms. The Hall–Kier alpha value is -1.85. The number of carbonyl (C=O) groups excluding carboxylic acids is 1. The first-order valence-electron chi connectivity index (χ1n) is 6.01. The van der Waals surface area contributed by atoms with Crippen LogP contribution in [0.15, 0.2) is 42.6 Å². The second kappa shape index (κ2) is 7.07. The largest absolute Gasteiger partial charge is 0.492 e. The van der Waals surface area contributed by atoms with Gasteiger partial charge in [0.05, 0.1) is 12.1 Å². The molecule has 0 aliphatic heterocycles. The average Bonchev–Trinajstić information content (AvgIpc) is 2.44. The number of rotatable bonds is 5. The van der Waals surface area contributed by atoms with Crippen molar-refractivity contribution in [2.24, 2.45) is 0 Å². The third kappa shape index (κ3) is 4.08. The van der Waals surface area contributed by atoms with Crippen molar-refractivity contribution in [3.8, 4) is 5.75 Å². The summed E-state index contributed by atoms with van der Waals surface area (Å²) in [4.78, 5) is 14.7. The van der Waals surface area contributed by atoms with Gasteiger partial charge in [0.2, 0.25) is 0 Å². The highest BCUT2D eigenvalue weighted by Crippen LogP contribution is 2.16. The maximum absolute atomic E-state index is 11.9. The molecule has 20 heavy (non-hydrogen) atoms. The first-order valence-corrected chi connectivity index (χ1v) is 6.80. The first kappa shape index (κ1) is 14.6. The number of aromatic amines is 1. The van der Waals surface area contributed by atoms with E-state index in [1.807, 2.05) is 0 Å². The Labute approximate surface area is 126 Å². The monoisotopic (exact) mass is 308 g/mol. The fraction of sp³-hybridized carbons (Fsp3) is 0.143. The second-order valence-electron chi connectivity index (χ2n) is 3.97. The van der Waals surface area contributed by atoms with Crippen molar-refractivity contribution in [3.63, 3.8) is 0 Å². The molecule has 1 aromatic heterocycles. The fourth-order valence-corrected chi connectivity index (χ4v) is 1.99. The minimum absolute atomic E-state index is 0.221. The van der Waals surface area contributed by atoms with Crippen molar-refractivity contribution in [1.82, 2.24) is 10.3 Å². The molecule has 0 saturated carbocycles. The highest BCUT2D eigenvalue weighted by atomic mass is 35.5. The Morgan fingerprint density at radius 1 is 1.35 bits per heavy atom. The van der Waals surface area contributed by atoms with Gasteiger partial charge in [0.25, 0.3) is 5.91 Å². The van der Waals surface area contributed by atoms with E-state index in [9.17, 15) is 4.79 Å². The zero-order valence-electron chi connectivity index (χ0n) is 10.6. The summed E-state index contributed by atoms with van der Waals surface area (Å²) in [6.45, 7) is 0.740. The molecule has 4 nitrogen and oxygen atoms in total. The van der Waals surface area contributed by atoms with Gasteiger partial charge in [0.1, 0.15) is 17.0 Å². The predicted octanol–water partition coefficient (Wildman–Crippen LogP) is 3.21. The van der Waals surface area contributed by atoms with E-state index < -0.39 is 0 Å². The lowest BCUT2D eigenvalue weighted by molar-refractivity contribution is 0.0946. The normalized spacial score (nSPS) is 10.1. The molecule has 1 amide bonds. The highest BCUT2D eigenvalue weighted by Gasteiger charge is 2.06. The Balaban J connectivity index is 1.80. The highest BCUT2D eigenvalue weighted by molar-refractivity contribution is 7.71. The Kier molecular flexibility index (Phi) is 5.15. The van der Waals surface area contributed by atoms with Crippen LogP contribution in [0.1, 0.15) is 10.4 Å². The lowest BCUT2D eigenvalue weighted by atomic mass is 10.3. The molecule has 0 bridgehead atoms. The van der Waals surface area contributed by atoms with Crippen LogP contribution in [0.5, 0.6) is 5.75 Å². The van der Waals surface area contributed by atoms with Gasteiger partial charge in [0.15, 0.2) is 0 Å². The van der Waals surface area contributed by atoms with E-state index in [0.29, 0.717) is 34.1 Å². The van der Waals surface area contributed by atoms with Crippen LogP contribution in [0.25, 0.3) is 0 Å². The summed E-state index contributed by atoms with van der Waals surface area (Å²) in [5, 5.41) is 3.35. The molecule has 1 aromatic carbocycles. The number of ether oxygens (including phenoxy) is 1. The van der Waals surface area contributed by atoms with Crippen LogP contribution in [0.2, 0.25) is 5.02 Å². The molecular formula is C14H13ClN2O2S. The molecule has 0 aliphatic rings. The van der Waals surface area contributed by atoms with Crippen molar-refractivity contribution < 1.29 is 9.53 Å². The van der Waals surface area contributed by atoms with Gasteiger partial charge in [-0.05, 0) is 30.3 Å². The smallest absolute Gasteiger partial charge is 0.254 e. The molecule has 0 atom stereocenters. The molecule has 1 heterocycles. The molecule has 2 N–H and O–H groups in total. The molecule has 0 spiro atoms. The number of H-pyrrole nitrogens is 1. The molecule has 0 unspecified atom stereocenters. The van der Waals surface area contributed by atoms with Crippen molar-refractivity contribution in [2.75, 3.05) is 13.2 Å². The third-order valence-corrected chi connectivity index (χ3v) is 3.09. The lowest BCUT2D eigenvalue weighted by Gasteiger charge is -2.08. The van der Waals surface area contributed by atoms with Crippen LogP contribution in [-0.2, 0) is 0 Å². The number of amides is 1. The van der Waals surface area contributed by atoms with Gasteiger partial charge in [-0.2, -0.15) is 0 Å². The number of carbonyl (C=O) groups is 1. The van der Waals surface area contributed by atoms with E-state index >= 15 is 0 Å². The van der Waals surface area contributed by atoms with Gasteiger partial charge in [-0.1, -0.05) is 29.9 Å². The Bertz CT molecular complexity index is 657. The predicted molar refractivity (Wildman–Crippen MR) is 80.9 cm³/mol. The van der Waals surface area contributed by atoms with Crippen molar-refractivity contribution >= 4 is 29.7 Å². The topological polar surface area (TPSA) is 54.1 Å². The van der Waals surface area contributed by atoms with Crippen molar-refractivity contribution in [3.05, 3.63) is 57.8 Å². The van der Waals surface area contributed by atoms with Crippen LogP contribution >= 0.6 is 23.8 Å². The molecule has 2 rings (SSSR count). The maximum Gasteiger partial charge on any atom is 0.254 e. The molecule has 0 saturated heterocycles. The minimum atomic E-state index is -0.221. The zero-order chi connectivity index (χ0) is 14.4. The summed E-state index contributed by atoms with van der Waals surface area (Å²) < 4.78 is 5.89. The summed E-state index contributed by atoms with van der Waals surface area (Å²) in [6, 6.07) is 10.5. The summed E-state index contributed by atoms with van der Waals surface area (Å²) in [6.07, 6.45) is 1.68.